The first kappa shape index (κ1) is 9.73. The van der Waals surface area contributed by atoms with Gasteiger partial charge in [0.1, 0.15) is 0 Å². The molecule has 0 aromatic carbocycles. The quantitative estimate of drug-likeness (QED) is 0.774. The second-order valence-electron chi connectivity index (χ2n) is 3.68. The molecule has 1 aliphatic rings. The van der Waals surface area contributed by atoms with Gasteiger partial charge in [-0.1, -0.05) is 0 Å². The Morgan fingerprint density at radius 3 is 2.93 bits per heavy atom. The lowest BCUT2D eigenvalue weighted by molar-refractivity contribution is 0.587. The maximum absolute atomic E-state index is 11.4. The molecule has 78 valence electrons. The van der Waals surface area contributed by atoms with Gasteiger partial charge in [-0.15, -0.1) is 0 Å². The van der Waals surface area contributed by atoms with E-state index in [1.165, 1.54) is 10.2 Å². The highest BCUT2D eigenvalue weighted by atomic mass is 32.2. The summed E-state index contributed by atoms with van der Waals surface area (Å²) in [5.74, 6) is 0.333. The molecule has 0 radical (unpaired) electrons. The van der Waals surface area contributed by atoms with Crippen LogP contribution < -0.4 is 5.32 Å². The van der Waals surface area contributed by atoms with Crippen molar-refractivity contribution in [2.45, 2.75) is 12.3 Å². The zero-order chi connectivity index (χ0) is 10.2. The lowest BCUT2D eigenvalue weighted by Gasteiger charge is -2.11. The summed E-state index contributed by atoms with van der Waals surface area (Å²) in [4.78, 5) is 0. The minimum Gasteiger partial charge on any atom is -0.316 e. The second-order valence-corrected chi connectivity index (χ2v) is 5.54. The first-order valence-corrected chi connectivity index (χ1v) is 6.52. The molecule has 0 saturated carbocycles. The van der Waals surface area contributed by atoms with Crippen LogP contribution in [0.2, 0.25) is 0 Å². The molecule has 0 spiro atoms. The van der Waals surface area contributed by atoms with Crippen molar-refractivity contribution in [3.05, 3.63) is 24.0 Å². The molecule has 1 N–H and O–H groups in total. The minimum absolute atomic E-state index is 0.333. The molecule has 1 atom stereocenters. The maximum atomic E-state index is 11.4. The van der Waals surface area contributed by atoms with E-state index >= 15 is 0 Å². The fraction of sp³-hybridized carbons (Fsp3) is 0.556. The molecule has 1 aliphatic heterocycles. The third-order valence-electron chi connectivity index (χ3n) is 2.58. The number of nitrogens with one attached hydrogen (secondary N) is 1. The van der Waals surface area contributed by atoms with E-state index in [2.05, 4.69) is 5.32 Å². The monoisotopic (exact) mass is 214 g/mol. The van der Waals surface area contributed by atoms with Crippen LogP contribution in [0.15, 0.2) is 18.3 Å². The van der Waals surface area contributed by atoms with Crippen molar-refractivity contribution in [2.75, 3.05) is 19.3 Å². The van der Waals surface area contributed by atoms with E-state index in [4.69, 9.17) is 0 Å². The molecular formula is C9H14N2O2S. The first-order valence-electron chi connectivity index (χ1n) is 4.67. The summed E-state index contributed by atoms with van der Waals surface area (Å²) in [6, 6.07) is 3.67. The van der Waals surface area contributed by atoms with Crippen molar-refractivity contribution >= 4 is 10.0 Å². The average Bonchev–Trinajstić information content (AvgIpc) is 2.73. The van der Waals surface area contributed by atoms with Crippen molar-refractivity contribution in [2.24, 2.45) is 0 Å². The van der Waals surface area contributed by atoms with Gasteiger partial charge in [-0.25, -0.2) is 12.4 Å². The van der Waals surface area contributed by atoms with Crippen LogP contribution in [0, 0.1) is 0 Å². The number of nitrogens with zero attached hydrogens (tertiary/aromatic N) is 1. The van der Waals surface area contributed by atoms with Crippen LogP contribution in [0.5, 0.6) is 0 Å². The van der Waals surface area contributed by atoms with Crippen molar-refractivity contribution in [1.82, 2.24) is 9.29 Å². The highest BCUT2D eigenvalue weighted by Crippen LogP contribution is 2.23. The topological polar surface area (TPSA) is 51.1 Å². The Balaban J connectivity index is 2.39. The van der Waals surface area contributed by atoms with E-state index in [0.29, 0.717) is 5.92 Å². The molecule has 1 saturated heterocycles. The molecule has 4 nitrogen and oxygen atoms in total. The van der Waals surface area contributed by atoms with Crippen LogP contribution in [0.4, 0.5) is 0 Å². The third kappa shape index (κ3) is 1.69. The average molecular weight is 214 g/mol. The Hall–Kier alpha value is -0.810. The van der Waals surface area contributed by atoms with Gasteiger partial charge in [0.15, 0.2) is 0 Å². The van der Waals surface area contributed by atoms with Gasteiger partial charge < -0.3 is 5.32 Å². The number of hydrogen-bond acceptors (Lipinski definition) is 3. The molecule has 14 heavy (non-hydrogen) atoms. The molecule has 2 heterocycles. The highest BCUT2D eigenvalue weighted by molar-refractivity contribution is 7.89. The Morgan fingerprint density at radius 2 is 2.36 bits per heavy atom. The fourth-order valence-corrected chi connectivity index (χ4v) is 2.79. The SMILES string of the molecule is CS(=O)(=O)n1cccc1C1CCNC1. The summed E-state index contributed by atoms with van der Waals surface area (Å²) in [7, 11) is -3.14. The third-order valence-corrected chi connectivity index (χ3v) is 3.63. The molecule has 0 bridgehead atoms. The van der Waals surface area contributed by atoms with Gasteiger partial charge in [-0.05, 0) is 25.1 Å². The number of aromatic nitrogens is 1. The lowest BCUT2D eigenvalue weighted by atomic mass is 10.1. The standard InChI is InChI=1S/C9H14N2O2S/c1-14(12,13)11-6-2-3-9(11)8-4-5-10-7-8/h2-3,6,8,10H,4-5,7H2,1H3. The Bertz CT molecular complexity index is 416. The lowest BCUT2D eigenvalue weighted by Crippen LogP contribution is -2.16. The molecular weight excluding hydrogens is 200 g/mol. The molecule has 1 aromatic rings. The molecule has 5 heteroatoms. The van der Waals surface area contributed by atoms with Crippen molar-refractivity contribution in [3.8, 4) is 0 Å². The van der Waals surface area contributed by atoms with Gasteiger partial charge in [-0.2, -0.15) is 0 Å². The fourth-order valence-electron chi connectivity index (χ4n) is 1.90. The number of hydrogen-bond donors (Lipinski definition) is 1. The Morgan fingerprint density at radius 1 is 1.57 bits per heavy atom. The first-order chi connectivity index (χ1) is 6.59. The predicted molar refractivity (Wildman–Crippen MR) is 54.9 cm³/mol. The van der Waals surface area contributed by atoms with Gasteiger partial charge in [0.25, 0.3) is 0 Å². The van der Waals surface area contributed by atoms with Gasteiger partial charge in [0, 0.05) is 24.4 Å². The normalized spacial score (nSPS) is 22.8. The van der Waals surface area contributed by atoms with E-state index in [9.17, 15) is 8.42 Å². The van der Waals surface area contributed by atoms with E-state index in [0.717, 1.165) is 25.2 Å². The Labute approximate surface area is 84.0 Å². The minimum atomic E-state index is -3.14. The zero-order valence-electron chi connectivity index (χ0n) is 8.10. The van der Waals surface area contributed by atoms with E-state index in [1.54, 1.807) is 12.3 Å². The maximum Gasteiger partial charge on any atom is 0.235 e. The van der Waals surface area contributed by atoms with Crippen molar-refractivity contribution in [1.29, 1.82) is 0 Å². The van der Waals surface area contributed by atoms with E-state index in [1.807, 2.05) is 6.07 Å². The zero-order valence-corrected chi connectivity index (χ0v) is 8.92. The predicted octanol–water partition coefficient (Wildman–Crippen LogP) is 0.373. The summed E-state index contributed by atoms with van der Waals surface area (Å²) in [5, 5.41) is 3.23. The van der Waals surface area contributed by atoms with E-state index < -0.39 is 10.0 Å². The van der Waals surface area contributed by atoms with Gasteiger partial charge in [0.05, 0.1) is 6.26 Å². The highest BCUT2D eigenvalue weighted by Gasteiger charge is 2.22. The number of rotatable bonds is 2. The van der Waals surface area contributed by atoms with Crippen molar-refractivity contribution < 1.29 is 8.42 Å². The van der Waals surface area contributed by atoms with Gasteiger partial charge in [-0.3, -0.25) is 0 Å². The largest absolute Gasteiger partial charge is 0.316 e. The summed E-state index contributed by atoms with van der Waals surface area (Å²) in [5.41, 5.74) is 0.900. The summed E-state index contributed by atoms with van der Waals surface area (Å²) in [6.45, 7) is 1.85. The van der Waals surface area contributed by atoms with Crippen LogP contribution in [-0.4, -0.2) is 31.7 Å². The smallest absolute Gasteiger partial charge is 0.235 e. The molecule has 0 amide bonds. The van der Waals surface area contributed by atoms with Crippen LogP contribution in [0.3, 0.4) is 0 Å². The molecule has 1 aromatic heterocycles. The molecule has 0 aliphatic carbocycles. The summed E-state index contributed by atoms with van der Waals surface area (Å²) in [6.07, 6.45) is 3.86. The molecule has 2 rings (SSSR count). The summed E-state index contributed by atoms with van der Waals surface area (Å²) < 4.78 is 24.2. The van der Waals surface area contributed by atoms with E-state index in [-0.39, 0.29) is 0 Å². The molecule has 1 unspecified atom stereocenters. The molecule has 1 fully saturated rings. The van der Waals surface area contributed by atoms with Crippen molar-refractivity contribution in [3.63, 3.8) is 0 Å². The van der Waals surface area contributed by atoms with Gasteiger partial charge >= 0.3 is 0 Å². The van der Waals surface area contributed by atoms with Gasteiger partial charge in [0.2, 0.25) is 10.0 Å². The van der Waals surface area contributed by atoms with Crippen LogP contribution >= 0.6 is 0 Å². The second kappa shape index (κ2) is 3.40. The van der Waals surface area contributed by atoms with Crippen LogP contribution in [0.25, 0.3) is 0 Å². The summed E-state index contributed by atoms with van der Waals surface area (Å²) >= 11 is 0. The van der Waals surface area contributed by atoms with Crippen LogP contribution in [-0.2, 0) is 10.0 Å². The Kier molecular flexibility index (Phi) is 2.36. The van der Waals surface area contributed by atoms with Crippen LogP contribution in [0.1, 0.15) is 18.0 Å².